The second-order valence-corrected chi connectivity index (χ2v) is 8.16. The van der Waals surface area contributed by atoms with Gasteiger partial charge in [-0.05, 0) is 24.3 Å². The third-order valence-corrected chi connectivity index (χ3v) is 5.74. The number of hydrogen-bond acceptors (Lipinski definition) is 7. The van der Waals surface area contributed by atoms with Crippen LogP contribution in [0.5, 0.6) is 11.5 Å². The first-order chi connectivity index (χ1) is 17.4. The summed E-state index contributed by atoms with van der Waals surface area (Å²) in [6.07, 6.45) is 5.21. The third-order valence-electron chi connectivity index (χ3n) is 5.74. The van der Waals surface area contributed by atoms with E-state index in [4.69, 9.17) is 9.47 Å². The number of rotatable bonds is 7. The van der Waals surface area contributed by atoms with Crippen LogP contribution in [-0.4, -0.2) is 41.1 Å². The molecule has 12 nitrogen and oxygen atoms in total. The number of imidazole rings is 2. The molecule has 1 N–H and O–H groups in total. The van der Waals surface area contributed by atoms with E-state index in [-0.39, 0.29) is 17.8 Å². The molecule has 0 atom stereocenters. The van der Waals surface area contributed by atoms with E-state index in [0.717, 1.165) is 15.9 Å². The number of anilines is 1. The topological polar surface area (TPSA) is 127 Å². The number of carbonyl (C=O) groups is 1. The van der Waals surface area contributed by atoms with Crippen LogP contribution in [0.4, 0.5) is 5.69 Å². The number of nitrogens with zero attached hydrogens (tertiary/aromatic N) is 6. The SMILES string of the molecule is COc1ccc(NC(=O)Cn2c(=O)c3c(ncn3C)n(C)c2=O)cc1OCc1cn2ccccc2n1. The van der Waals surface area contributed by atoms with Gasteiger partial charge in [0.2, 0.25) is 5.91 Å². The number of aromatic nitrogens is 6. The Morgan fingerprint density at radius 2 is 1.94 bits per heavy atom. The molecule has 0 saturated heterocycles. The number of fused-ring (bicyclic) bond motifs is 2. The van der Waals surface area contributed by atoms with Gasteiger partial charge in [-0.2, -0.15) is 0 Å². The van der Waals surface area contributed by atoms with Gasteiger partial charge in [0.1, 0.15) is 18.8 Å². The zero-order chi connectivity index (χ0) is 25.4. The second kappa shape index (κ2) is 9.06. The van der Waals surface area contributed by atoms with Crippen LogP contribution in [0.2, 0.25) is 0 Å². The average molecular weight is 489 g/mol. The van der Waals surface area contributed by atoms with Gasteiger partial charge in [-0.25, -0.2) is 19.3 Å². The van der Waals surface area contributed by atoms with E-state index in [2.05, 4.69) is 15.3 Å². The van der Waals surface area contributed by atoms with Gasteiger partial charge in [0.25, 0.3) is 5.56 Å². The summed E-state index contributed by atoms with van der Waals surface area (Å²) in [4.78, 5) is 46.9. The lowest BCUT2D eigenvalue weighted by Gasteiger charge is -2.13. The molecule has 5 rings (SSSR count). The van der Waals surface area contributed by atoms with E-state index >= 15 is 0 Å². The van der Waals surface area contributed by atoms with E-state index < -0.39 is 23.7 Å². The average Bonchev–Trinajstić information content (AvgIpc) is 3.47. The maximum Gasteiger partial charge on any atom is 0.332 e. The predicted molar refractivity (Wildman–Crippen MR) is 131 cm³/mol. The van der Waals surface area contributed by atoms with Crippen molar-refractivity contribution in [2.45, 2.75) is 13.2 Å². The van der Waals surface area contributed by atoms with E-state index in [0.29, 0.717) is 17.2 Å². The molecule has 36 heavy (non-hydrogen) atoms. The maximum absolute atomic E-state index is 12.9. The third kappa shape index (κ3) is 4.08. The summed E-state index contributed by atoms with van der Waals surface area (Å²) in [6.45, 7) is -0.276. The molecule has 0 aliphatic heterocycles. The van der Waals surface area contributed by atoms with Gasteiger partial charge >= 0.3 is 5.69 Å². The molecule has 4 heterocycles. The molecule has 0 spiro atoms. The quantitative estimate of drug-likeness (QED) is 0.365. The fraction of sp³-hybridized carbons (Fsp3) is 0.208. The van der Waals surface area contributed by atoms with Crippen molar-refractivity contribution < 1.29 is 14.3 Å². The fourth-order valence-corrected chi connectivity index (χ4v) is 3.96. The first-order valence-corrected chi connectivity index (χ1v) is 11.0. The number of ether oxygens (including phenoxy) is 2. The van der Waals surface area contributed by atoms with Gasteiger partial charge in [-0.3, -0.25) is 14.2 Å². The van der Waals surface area contributed by atoms with Crippen molar-refractivity contribution in [3.63, 3.8) is 0 Å². The summed E-state index contributed by atoms with van der Waals surface area (Å²) in [5, 5.41) is 2.71. The Morgan fingerprint density at radius 1 is 1.11 bits per heavy atom. The normalized spacial score (nSPS) is 11.2. The van der Waals surface area contributed by atoms with Crippen LogP contribution in [0, 0.1) is 0 Å². The number of benzene rings is 1. The highest BCUT2D eigenvalue weighted by atomic mass is 16.5. The van der Waals surface area contributed by atoms with Crippen molar-refractivity contribution in [2.75, 3.05) is 12.4 Å². The Labute approximate surface area is 204 Å². The first-order valence-electron chi connectivity index (χ1n) is 11.0. The Morgan fingerprint density at radius 3 is 2.72 bits per heavy atom. The lowest BCUT2D eigenvalue weighted by atomic mass is 10.2. The van der Waals surface area contributed by atoms with Crippen LogP contribution in [-0.2, 0) is 32.0 Å². The summed E-state index contributed by atoms with van der Waals surface area (Å²) >= 11 is 0. The standard InChI is InChI=1S/C24H23N7O5/c1-28-14-25-22-21(28)23(33)31(24(34)29(22)2)12-20(32)27-15-7-8-17(35-3)18(10-15)36-13-16-11-30-9-5-4-6-19(30)26-16/h4-11,14H,12-13H2,1-3H3,(H,27,32). The molecule has 0 fully saturated rings. The van der Waals surface area contributed by atoms with Crippen LogP contribution in [0.3, 0.4) is 0 Å². The van der Waals surface area contributed by atoms with Crippen LogP contribution >= 0.6 is 0 Å². The van der Waals surface area contributed by atoms with Crippen molar-refractivity contribution >= 4 is 28.4 Å². The van der Waals surface area contributed by atoms with E-state index in [1.54, 1.807) is 25.2 Å². The number of pyridine rings is 1. The molecule has 5 aromatic rings. The lowest BCUT2D eigenvalue weighted by molar-refractivity contribution is -0.116. The minimum atomic E-state index is -0.632. The summed E-state index contributed by atoms with van der Waals surface area (Å²) in [5.74, 6) is 0.326. The highest BCUT2D eigenvalue weighted by molar-refractivity contribution is 5.91. The van der Waals surface area contributed by atoms with Gasteiger partial charge in [-0.1, -0.05) is 6.07 Å². The maximum atomic E-state index is 12.9. The number of hydrogen-bond donors (Lipinski definition) is 1. The number of amides is 1. The summed E-state index contributed by atoms with van der Waals surface area (Å²) in [7, 11) is 4.67. The Balaban J connectivity index is 1.35. The molecule has 0 aliphatic carbocycles. The van der Waals surface area contributed by atoms with Crippen molar-refractivity contribution in [1.82, 2.24) is 28.1 Å². The first kappa shape index (κ1) is 22.9. The number of methoxy groups -OCH3 is 1. The van der Waals surface area contributed by atoms with Gasteiger partial charge in [0.05, 0.1) is 19.1 Å². The number of nitrogens with one attached hydrogen (secondary N) is 1. The highest BCUT2D eigenvalue weighted by Crippen LogP contribution is 2.31. The van der Waals surface area contributed by atoms with Gasteiger partial charge in [0.15, 0.2) is 22.7 Å². The number of aryl methyl sites for hydroxylation is 2. The predicted octanol–water partition coefficient (Wildman–Crippen LogP) is 1.31. The van der Waals surface area contributed by atoms with Crippen LogP contribution in [0.1, 0.15) is 5.69 Å². The van der Waals surface area contributed by atoms with Crippen molar-refractivity contribution in [2.24, 2.45) is 14.1 Å². The molecule has 0 saturated carbocycles. The molecular weight excluding hydrogens is 466 g/mol. The minimum absolute atomic E-state index is 0.186. The summed E-state index contributed by atoms with van der Waals surface area (Å²) in [5.41, 5.74) is 1.20. The van der Waals surface area contributed by atoms with Gasteiger partial charge in [-0.15, -0.1) is 0 Å². The van der Waals surface area contributed by atoms with Crippen molar-refractivity contribution in [3.05, 3.63) is 81.7 Å². The number of carbonyl (C=O) groups excluding carboxylic acids is 1. The molecule has 1 aromatic carbocycles. The molecular formula is C24H23N7O5. The summed E-state index contributed by atoms with van der Waals surface area (Å²) in [6, 6.07) is 10.6. The smallest absolute Gasteiger partial charge is 0.332 e. The van der Waals surface area contributed by atoms with Gasteiger partial charge in [0, 0.05) is 38.2 Å². The zero-order valence-electron chi connectivity index (χ0n) is 19.8. The van der Waals surface area contributed by atoms with Crippen molar-refractivity contribution in [3.8, 4) is 11.5 Å². The Kier molecular flexibility index (Phi) is 5.76. The molecule has 12 heteroatoms. The highest BCUT2D eigenvalue weighted by Gasteiger charge is 2.17. The molecule has 0 aliphatic rings. The molecule has 0 unspecified atom stereocenters. The Bertz CT molecular complexity index is 1690. The molecule has 184 valence electrons. The molecule has 4 aromatic heterocycles. The van der Waals surface area contributed by atoms with Crippen LogP contribution in [0.25, 0.3) is 16.8 Å². The fourth-order valence-electron chi connectivity index (χ4n) is 3.96. The van der Waals surface area contributed by atoms with E-state index in [9.17, 15) is 14.4 Å². The lowest BCUT2D eigenvalue weighted by Crippen LogP contribution is -2.42. The van der Waals surface area contributed by atoms with Crippen LogP contribution in [0.15, 0.2) is 64.7 Å². The van der Waals surface area contributed by atoms with E-state index in [1.165, 1.54) is 29.6 Å². The largest absolute Gasteiger partial charge is 0.493 e. The van der Waals surface area contributed by atoms with E-state index in [1.807, 2.05) is 35.0 Å². The Hall–Kier alpha value is -4.87. The second-order valence-electron chi connectivity index (χ2n) is 8.16. The van der Waals surface area contributed by atoms with Gasteiger partial charge < -0.3 is 23.8 Å². The molecule has 0 radical (unpaired) electrons. The zero-order valence-corrected chi connectivity index (χ0v) is 19.8. The van der Waals surface area contributed by atoms with Crippen LogP contribution < -0.4 is 26.0 Å². The minimum Gasteiger partial charge on any atom is -0.493 e. The summed E-state index contributed by atoms with van der Waals surface area (Å²) < 4.78 is 16.8. The van der Waals surface area contributed by atoms with Crippen molar-refractivity contribution in [1.29, 1.82) is 0 Å². The molecule has 1 amide bonds. The molecule has 0 bridgehead atoms. The monoisotopic (exact) mass is 489 g/mol.